The molecule has 13 heteroatoms. The van der Waals surface area contributed by atoms with E-state index in [4.69, 9.17) is 24.5 Å². The number of esters is 1. The second kappa shape index (κ2) is 12.7. The second-order valence-corrected chi connectivity index (χ2v) is 11.9. The van der Waals surface area contributed by atoms with Crippen molar-refractivity contribution in [3.05, 3.63) is 43.0 Å². The van der Waals surface area contributed by atoms with Gasteiger partial charge in [-0.15, -0.1) is 0 Å². The zero-order chi connectivity index (χ0) is 27.1. The number of imidazole rings is 1. The SMILES string of the molecule is CC(C)OC(=O)CNP(=O)(CCCOc1ccccc1)OC[C@@H]1C[C@H](C)[C@H](n2cnc3c(N)ncnc32)O1. The molecule has 0 bridgehead atoms. The number of nitrogens with zero attached hydrogens (tertiary/aromatic N) is 4. The van der Waals surface area contributed by atoms with Crippen LogP contribution in [0.1, 0.15) is 39.8 Å². The molecule has 3 N–H and O–H groups in total. The van der Waals surface area contributed by atoms with Gasteiger partial charge >= 0.3 is 5.97 Å². The summed E-state index contributed by atoms with van der Waals surface area (Å²) in [5.74, 6) is 0.655. The van der Waals surface area contributed by atoms with E-state index in [9.17, 15) is 9.36 Å². The molecule has 38 heavy (non-hydrogen) atoms. The van der Waals surface area contributed by atoms with Gasteiger partial charge < -0.3 is 24.5 Å². The minimum atomic E-state index is -3.40. The summed E-state index contributed by atoms with van der Waals surface area (Å²) in [6.07, 6.45) is 3.43. The Morgan fingerprint density at radius 1 is 1.26 bits per heavy atom. The molecule has 206 valence electrons. The topological polar surface area (TPSA) is 153 Å². The zero-order valence-corrected chi connectivity index (χ0v) is 22.8. The van der Waals surface area contributed by atoms with Crippen molar-refractivity contribution in [2.75, 3.05) is 31.7 Å². The summed E-state index contributed by atoms with van der Waals surface area (Å²) in [6.45, 7) is 5.80. The molecule has 4 rings (SSSR count). The third kappa shape index (κ3) is 7.28. The molecule has 3 heterocycles. The Morgan fingerprint density at radius 3 is 2.82 bits per heavy atom. The molecular weight excluding hydrogens is 511 g/mol. The van der Waals surface area contributed by atoms with Crippen molar-refractivity contribution >= 4 is 30.5 Å². The van der Waals surface area contributed by atoms with Gasteiger partial charge in [0.05, 0.1) is 31.7 Å². The molecule has 12 nitrogen and oxygen atoms in total. The molecule has 1 fully saturated rings. The molecule has 3 aromatic rings. The molecule has 0 saturated carbocycles. The summed E-state index contributed by atoms with van der Waals surface area (Å²) in [6, 6.07) is 9.39. The molecule has 1 aliphatic heterocycles. The summed E-state index contributed by atoms with van der Waals surface area (Å²) >= 11 is 0. The Kier molecular flexibility index (Phi) is 9.32. The molecule has 1 aromatic carbocycles. The van der Waals surface area contributed by atoms with E-state index >= 15 is 0 Å². The second-order valence-electron chi connectivity index (χ2n) is 9.53. The Bertz CT molecular complexity index is 1260. The monoisotopic (exact) mass is 546 g/mol. The first-order chi connectivity index (χ1) is 18.2. The molecule has 0 aliphatic carbocycles. The van der Waals surface area contributed by atoms with E-state index in [1.165, 1.54) is 6.33 Å². The molecular formula is C25H35N6O6P. The number of benzene rings is 1. The van der Waals surface area contributed by atoms with Crippen LogP contribution >= 0.6 is 7.52 Å². The standard InChI is InChI=1S/C25H35N6O6P/c1-17(2)36-21(32)13-30-38(33,11-7-10-34-19-8-5-4-6-9-19)35-14-20-12-18(3)25(37-20)31-16-29-22-23(26)27-15-28-24(22)31/h4-6,8-9,15-18,20,25H,7,10-14H2,1-3H3,(H,30,33)(H2,26,27,28)/t18-,20-,25+,38?/m0/s1. The first-order valence-corrected chi connectivity index (χ1v) is 14.5. The Labute approximate surface area is 221 Å². The smallest absolute Gasteiger partial charge is 0.320 e. The van der Waals surface area contributed by atoms with Crippen LogP contribution in [0.2, 0.25) is 0 Å². The number of aromatic nitrogens is 4. The van der Waals surface area contributed by atoms with E-state index in [-0.39, 0.29) is 43.7 Å². The number of carbonyl (C=O) groups excluding carboxylic acids is 1. The van der Waals surface area contributed by atoms with Crippen LogP contribution in [0.4, 0.5) is 5.82 Å². The number of fused-ring (bicyclic) bond motifs is 1. The summed E-state index contributed by atoms with van der Waals surface area (Å²) in [4.78, 5) is 24.7. The number of nitrogen functional groups attached to an aromatic ring is 1. The molecule has 2 aromatic heterocycles. The maximum Gasteiger partial charge on any atom is 0.320 e. The highest BCUT2D eigenvalue weighted by Crippen LogP contribution is 2.45. The molecule has 0 spiro atoms. The molecule has 4 atom stereocenters. The maximum absolute atomic E-state index is 13.7. The fourth-order valence-corrected chi connectivity index (χ4v) is 5.98. The van der Waals surface area contributed by atoms with Crippen LogP contribution in [0.25, 0.3) is 11.2 Å². The largest absolute Gasteiger partial charge is 0.494 e. The van der Waals surface area contributed by atoms with E-state index in [0.717, 1.165) is 5.75 Å². The van der Waals surface area contributed by atoms with Crippen LogP contribution in [0.5, 0.6) is 5.75 Å². The minimum absolute atomic E-state index is 0.0909. The van der Waals surface area contributed by atoms with Gasteiger partial charge in [-0.1, -0.05) is 25.1 Å². The summed E-state index contributed by atoms with van der Waals surface area (Å²) in [5.41, 5.74) is 7.02. The van der Waals surface area contributed by atoms with Gasteiger partial charge in [0.2, 0.25) is 0 Å². The third-order valence-corrected chi connectivity index (χ3v) is 8.13. The Balaban J connectivity index is 1.36. The lowest BCUT2D eigenvalue weighted by Gasteiger charge is -2.22. The lowest BCUT2D eigenvalue weighted by atomic mass is 10.1. The van der Waals surface area contributed by atoms with Crippen molar-refractivity contribution in [3.8, 4) is 5.75 Å². The van der Waals surface area contributed by atoms with E-state index in [1.807, 2.05) is 34.9 Å². The van der Waals surface area contributed by atoms with Gasteiger partial charge in [0.25, 0.3) is 7.52 Å². The van der Waals surface area contributed by atoms with Gasteiger partial charge in [-0.2, -0.15) is 0 Å². The molecule has 1 unspecified atom stereocenters. The number of ether oxygens (including phenoxy) is 3. The highest BCUT2D eigenvalue weighted by atomic mass is 31.2. The van der Waals surface area contributed by atoms with Crippen LogP contribution in [-0.2, 0) is 23.4 Å². The summed E-state index contributed by atoms with van der Waals surface area (Å²) in [5, 5.41) is 2.81. The van der Waals surface area contributed by atoms with Gasteiger partial charge in [-0.05, 0) is 38.8 Å². The van der Waals surface area contributed by atoms with Gasteiger partial charge in [-0.3, -0.25) is 13.9 Å². The average Bonchev–Trinajstić information content (AvgIpc) is 3.48. The van der Waals surface area contributed by atoms with E-state index < -0.39 is 13.5 Å². The number of para-hydroxylation sites is 1. The van der Waals surface area contributed by atoms with E-state index in [1.54, 1.807) is 20.2 Å². The van der Waals surface area contributed by atoms with Crippen LogP contribution in [0.15, 0.2) is 43.0 Å². The molecule has 1 aliphatic rings. The number of rotatable bonds is 13. The molecule has 1 saturated heterocycles. The summed E-state index contributed by atoms with van der Waals surface area (Å²) < 4.78 is 38.6. The normalized spacial score (nSPS) is 21.0. The van der Waals surface area contributed by atoms with Crippen molar-refractivity contribution in [2.45, 2.75) is 52.0 Å². The van der Waals surface area contributed by atoms with Crippen LogP contribution in [-0.4, -0.2) is 63.6 Å². The van der Waals surface area contributed by atoms with E-state index in [0.29, 0.717) is 36.4 Å². The number of hydrogen-bond acceptors (Lipinski definition) is 10. The zero-order valence-electron chi connectivity index (χ0n) is 21.9. The van der Waals surface area contributed by atoms with Crippen molar-refractivity contribution in [3.63, 3.8) is 0 Å². The first-order valence-electron chi connectivity index (χ1n) is 12.7. The van der Waals surface area contributed by atoms with Crippen molar-refractivity contribution in [1.82, 2.24) is 24.6 Å². The van der Waals surface area contributed by atoms with Gasteiger partial charge in [0.15, 0.2) is 11.5 Å². The van der Waals surface area contributed by atoms with Crippen molar-refractivity contribution < 1.29 is 28.1 Å². The lowest BCUT2D eigenvalue weighted by molar-refractivity contribution is -0.145. The number of anilines is 1. The number of nitrogens with two attached hydrogens (primary N) is 1. The summed E-state index contributed by atoms with van der Waals surface area (Å²) in [7, 11) is -3.40. The van der Waals surface area contributed by atoms with Gasteiger partial charge in [0.1, 0.15) is 30.4 Å². The highest BCUT2D eigenvalue weighted by molar-refractivity contribution is 7.56. The Morgan fingerprint density at radius 2 is 2.05 bits per heavy atom. The fraction of sp³-hybridized carbons (Fsp3) is 0.520. The Hall–Kier alpha value is -3.05. The quantitative estimate of drug-likeness (QED) is 0.184. The lowest BCUT2D eigenvalue weighted by Crippen LogP contribution is -2.28. The van der Waals surface area contributed by atoms with E-state index in [2.05, 4.69) is 27.0 Å². The average molecular weight is 547 g/mol. The third-order valence-electron chi connectivity index (χ3n) is 6.02. The predicted octanol–water partition coefficient (Wildman–Crippen LogP) is 3.55. The number of nitrogens with one attached hydrogen (secondary N) is 1. The van der Waals surface area contributed by atoms with Crippen molar-refractivity contribution in [1.29, 1.82) is 0 Å². The highest BCUT2D eigenvalue weighted by Gasteiger charge is 2.36. The van der Waals surface area contributed by atoms with Crippen LogP contribution in [0.3, 0.4) is 0 Å². The minimum Gasteiger partial charge on any atom is -0.494 e. The maximum atomic E-state index is 13.7. The first kappa shape index (κ1) is 28.0. The number of hydrogen-bond donors (Lipinski definition) is 2. The van der Waals surface area contributed by atoms with Crippen LogP contribution < -0.4 is 15.6 Å². The molecule has 0 amide bonds. The molecule has 0 radical (unpaired) electrons. The predicted molar refractivity (Wildman–Crippen MR) is 142 cm³/mol. The number of carbonyl (C=O) groups is 1. The van der Waals surface area contributed by atoms with Gasteiger partial charge in [0, 0.05) is 12.1 Å². The fourth-order valence-electron chi connectivity index (χ4n) is 4.28. The van der Waals surface area contributed by atoms with Crippen LogP contribution in [0, 0.1) is 5.92 Å². The van der Waals surface area contributed by atoms with Crippen molar-refractivity contribution in [2.24, 2.45) is 5.92 Å². The van der Waals surface area contributed by atoms with Gasteiger partial charge in [-0.25, -0.2) is 20.0 Å².